The third-order valence-electron chi connectivity index (χ3n) is 3.17. The molecule has 0 aromatic carbocycles. The number of aromatic amines is 1. The van der Waals surface area contributed by atoms with E-state index in [1.165, 1.54) is 0 Å². The molecule has 2 aromatic heterocycles. The summed E-state index contributed by atoms with van der Waals surface area (Å²) in [5.41, 5.74) is 0.775. The van der Waals surface area contributed by atoms with Gasteiger partial charge in [0.05, 0.1) is 26.2 Å². The molecule has 1 N–H and O–H groups in total. The molecule has 24 heavy (non-hydrogen) atoms. The molecular formula is C16H19NO6S. The lowest BCUT2D eigenvalue weighted by Crippen LogP contribution is -2.11. The number of hydrogen-bond donors (Lipinski definition) is 1. The highest BCUT2D eigenvalue weighted by molar-refractivity contribution is 7.20. The van der Waals surface area contributed by atoms with Crippen LogP contribution in [0.25, 0.3) is 10.2 Å². The van der Waals surface area contributed by atoms with Crippen molar-refractivity contribution in [3.63, 3.8) is 0 Å². The van der Waals surface area contributed by atoms with Gasteiger partial charge in [-0.2, -0.15) is 0 Å². The number of aromatic nitrogens is 1. The molecule has 0 amide bonds. The van der Waals surface area contributed by atoms with E-state index in [4.69, 9.17) is 14.2 Å². The Morgan fingerprint density at radius 1 is 1.00 bits per heavy atom. The third-order valence-corrected chi connectivity index (χ3v) is 4.31. The minimum atomic E-state index is -0.496. The number of carbonyl (C=O) groups excluding carboxylic acids is 3. The van der Waals surface area contributed by atoms with Gasteiger partial charge in [0.25, 0.3) is 0 Å². The Bertz CT molecular complexity index is 760. The zero-order chi connectivity index (χ0) is 17.7. The van der Waals surface area contributed by atoms with Crippen molar-refractivity contribution in [2.24, 2.45) is 0 Å². The van der Waals surface area contributed by atoms with Crippen molar-refractivity contribution in [1.82, 2.24) is 4.98 Å². The summed E-state index contributed by atoms with van der Waals surface area (Å²) in [6, 6.07) is 1.58. The van der Waals surface area contributed by atoms with E-state index in [-0.39, 0.29) is 31.9 Å². The molecule has 2 rings (SSSR count). The van der Waals surface area contributed by atoms with Gasteiger partial charge in [0.2, 0.25) is 0 Å². The van der Waals surface area contributed by atoms with Gasteiger partial charge in [0.15, 0.2) is 0 Å². The Kier molecular flexibility index (Phi) is 5.97. The second-order valence-electron chi connectivity index (χ2n) is 4.76. The number of esters is 3. The first kappa shape index (κ1) is 18.0. The maximum absolute atomic E-state index is 12.1. The van der Waals surface area contributed by atoms with E-state index in [9.17, 15) is 14.4 Å². The maximum Gasteiger partial charge on any atom is 0.354 e. The van der Waals surface area contributed by atoms with E-state index in [0.717, 1.165) is 11.3 Å². The number of hydrogen-bond acceptors (Lipinski definition) is 7. The minimum Gasteiger partial charge on any atom is -0.466 e. The Labute approximate surface area is 142 Å². The third kappa shape index (κ3) is 3.76. The van der Waals surface area contributed by atoms with Gasteiger partial charge in [-0.05, 0) is 32.4 Å². The Balaban J connectivity index is 2.45. The van der Waals surface area contributed by atoms with Crippen molar-refractivity contribution in [2.45, 2.75) is 27.2 Å². The van der Waals surface area contributed by atoms with Crippen LogP contribution in [-0.4, -0.2) is 42.7 Å². The second-order valence-corrected chi connectivity index (χ2v) is 5.78. The van der Waals surface area contributed by atoms with Crippen LogP contribution in [0.4, 0.5) is 0 Å². The fourth-order valence-corrected chi connectivity index (χ4v) is 3.34. The molecule has 2 aromatic rings. The number of thiophene rings is 1. The van der Waals surface area contributed by atoms with Crippen LogP contribution >= 0.6 is 11.3 Å². The first-order valence-corrected chi connectivity index (χ1v) is 8.47. The van der Waals surface area contributed by atoms with Gasteiger partial charge in [-0.25, -0.2) is 9.59 Å². The normalized spacial score (nSPS) is 10.6. The molecule has 0 radical (unpaired) electrons. The minimum absolute atomic E-state index is 0.0674. The largest absolute Gasteiger partial charge is 0.466 e. The summed E-state index contributed by atoms with van der Waals surface area (Å²) < 4.78 is 15.0. The lowest BCUT2D eigenvalue weighted by atomic mass is 10.1. The van der Waals surface area contributed by atoms with Gasteiger partial charge in [-0.15, -0.1) is 11.3 Å². The SMILES string of the molecule is CCOC(=O)Cc1c(C(=O)OCC)sc2[nH]c(C(=O)OCC)cc12. The molecule has 0 fully saturated rings. The highest BCUT2D eigenvalue weighted by atomic mass is 32.1. The first-order valence-electron chi connectivity index (χ1n) is 7.65. The van der Waals surface area contributed by atoms with Crippen LogP contribution in [0, 0.1) is 0 Å². The smallest absolute Gasteiger partial charge is 0.354 e. The quantitative estimate of drug-likeness (QED) is 0.607. The average molecular weight is 353 g/mol. The van der Waals surface area contributed by atoms with E-state index in [2.05, 4.69) is 4.98 Å². The molecule has 0 aliphatic rings. The zero-order valence-corrected chi connectivity index (χ0v) is 14.6. The van der Waals surface area contributed by atoms with Crippen molar-refractivity contribution >= 4 is 39.5 Å². The molecule has 2 heterocycles. The number of nitrogens with one attached hydrogen (secondary N) is 1. The van der Waals surface area contributed by atoms with E-state index in [1.807, 2.05) is 0 Å². The number of ether oxygens (including phenoxy) is 3. The molecule has 0 atom stereocenters. The molecule has 8 heteroatoms. The Morgan fingerprint density at radius 3 is 2.25 bits per heavy atom. The summed E-state index contributed by atoms with van der Waals surface area (Å²) in [6.45, 7) is 5.88. The molecule has 0 aliphatic heterocycles. The summed E-state index contributed by atoms with van der Waals surface area (Å²) in [5.74, 6) is -1.42. The Morgan fingerprint density at radius 2 is 1.62 bits per heavy atom. The van der Waals surface area contributed by atoms with Crippen molar-refractivity contribution in [1.29, 1.82) is 0 Å². The van der Waals surface area contributed by atoms with Crippen LogP contribution < -0.4 is 0 Å². The Hall–Kier alpha value is -2.35. The summed E-state index contributed by atoms with van der Waals surface area (Å²) >= 11 is 1.14. The molecule has 0 aliphatic carbocycles. The van der Waals surface area contributed by atoms with E-state index < -0.39 is 17.9 Å². The van der Waals surface area contributed by atoms with Gasteiger partial charge >= 0.3 is 17.9 Å². The number of carbonyl (C=O) groups is 3. The molecule has 130 valence electrons. The molecular weight excluding hydrogens is 334 g/mol. The highest BCUT2D eigenvalue weighted by Gasteiger charge is 2.24. The second kappa shape index (κ2) is 7.96. The first-order chi connectivity index (χ1) is 11.5. The standard InChI is InChI=1S/C16H19NO6S/c1-4-21-12(18)8-9-10-7-11(15(19)22-5-2)17-14(10)24-13(9)16(20)23-6-3/h7,17H,4-6,8H2,1-3H3. The van der Waals surface area contributed by atoms with Crippen LogP contribution in [0.3, 0.4) is 0 Å². The van der Waals surface area contributed by atoms with E-state index >= 15 is 0 Å². The summed E-state index contributed by atoms with van der Waals surface area (Å²) in [6.07, 6.45) is -0.0674. The molecule has 0 unspecified atom stereocenters. The molecule has 0 spiro atoms. The monoisotopic (exact) mass is 353 g/mol. The van der Waals surface area contributed by atoms with Crippen molar-refractivity contribution < 1.29 is 28.6 Å². The molecule has 0 saturated heterocycles. The molecule has 0 saturated carbocycles. The van der Waals surface area contributed by atoms with Gasteiger partial charge in [0, 0.05) is 5.39 Å². The number of H-pyrrole nitrogens is 1. The van der Waals surface area contributed by atoms with Crippen LogP contribution in [-0.2, 0) is 25.4 Å². The summed E-state index contributed by atoms with van der Waals surface area (Å²) in [4.78, 5) is 39.7. The van der Waals surface area contributed by atoms with Gasteiger partial charge in [-0.3, -0.25) is 4.79 Å². The van der Waals surface area contributed by atoms with Crippen molar-refractivity contribution in [2.75, 3.05) is 19.8 Å². The number of rotatable bonds is 7. The van der Waals surface area contributed by atoms with Gasteiger partial charge in [-0.1, -0.05) is 0 Å². The maximum atomic E-state index is 12.1. The fourth-order valence-electron chi connectivity index (χ4n) is 2.24. The van der Waals surface area contributed by atoms with Crippen LogP contribution in [0.2, 0.25) is 0 Å². The highest BCUT2D eigenvalue weighted by Crippen LogP contribution is 2.33. The predicted octanol–water partition coefficient (Wildman–Crippen LogP) is 2.69. The van der Waals surface area contributed by atoms with Crippen LogP contribution in [0.15, 0.2) is 6.07 Å². The van der Waals surface area contributed by atoms with Gasteiger partial charge in [0.1, 0.15) is 15.4 Å². The van der Waals surface area contributed by atoms with Gasteiger partial charge < -0.3 is 19.2 Å². The lowest BCUT2D eigenvalue weighted by Gasteiger charge is -2.04. The van der Waals surface area contributed by atoms with Crippen LogP contribution in [0.1, 0.15) is 46.5 Å². The topological polar surface area (TPSA) is 94.7 Å². The average Bonchev–Trinajstić information content (AvgIpc) is 3.07. The zero-order valence-electron chi connectivity index (χ0n) is 13.8. The molecule has 0 bridgehead atoms. The van der Waals surface area contributed by atoms with E-state index in [1.54, 1.807) is 26.8 Å². The fraction of sp³-hybridized carbons (Fsp3) is 0.438. The summed E-state index contributed by atoms with van der Waals surface area (Å²) in [5, 5.41) is 0.624. The number of fused-ring (bicyclic) bond motifs is 1. The van der Waals surface area contributed by atoms with E-state index in [0.29, 0.717) is 20.7 Å². The lowest BCUT2D eigenvalue weighted by molar-refractivity contribution is -0.142. The summed E-state index contributed by atoms with van der Waals surface area (Å²) in [7, 11) is 0. The molecule has 7 nitrogen and oxygen atoms in total. The van der Waals surface area contributed by atoms with Crippen molar-refractivity contribution in [3.05, 3.63) is 22.2 Å². The van der Waals surface area contributed by atoms with Crippen LogP contribution in [0.5, 0.6) is 0 Å². The predicted molar refractivity (Wildman–Crippen MR) is 88.4 cm³/mol. The van der Waals surface area contributed by atoms with Crippen molar-refractivity contribution in [3.8, 4) is 0 Å².